The Kier molecular flexibility index (Phi) is 10.6. The maximum Gasteiger partial charge on any atom is 0.325 e. The van der Waals surface area contributed by atoms with Crippen LogP contribution in [-0.2, 0) is 9.53 Å². The van der Waals surface area contributed by atoms with Crippen molar-refractivity contribution >= 4 is 5.97 Å². The van der Waals surface area contributed by atoms with Crippen LogP contribution in [0.3, 0.4) is 0 Å². The maximum atomic E-state index is 11.8. The van der Waals surface area contributed by atoms with Crippen LogP contribution in [0, 0.1) is 0 Å². The molecule has 0 saturated carbocycles. The molecule has 0 aliphatic carbocycles. The average Bonchev–Trinajstić information content (AvgIpc) is 2.48. The van der Waals surface area contributed by atoms with Gasteiger partial charge in [-0.3, -0.25) is 4.79 Å². The number of nitrogens with zero attached hydrogens (tertiary/aromatic N) is 2. The summed E-state index contributed by atoms with van der Waals surface area (Å²) >= 11 is 0. The minimum absolute atomic E-state index is 0.177. The van der Waals surface area contributed by atoms with E-state index in [1.54, 1.807) is 0 Å². The van der Waals surface area contributed by atoms with Gasteiger partial charge < -0.3 is 19.9 Å². The lowest BCUT2D eigenvalue weighted by Crippen LogP contribution is -2.48. The van der Waals surface area contributed by atoms with Crippen molar-refractivity contribution in [2.75, 3.05) is 54.4 Å². The zero-order chi connectivity index (χ0) is 16.3. The second-order valence-corrected chi connectivity index (χ2v) is 6.12. The predicted octanol–water partition coefficient (Wildman–Crippen LogP) is 1.58. The second-order valence-electron chi connectivity index (χ2n) is 6.12. The van der Waals surface area contributed by atoms with Gasteiger partial charge in [0.15, 0.2) is 0 Å². The summed E-state index contributed by atoms with van der Waals surface area (Å²) in [5.74, 6) is -0.177. The standard InChI is InChI=1S/C16H35N3O2/c1-7-19(14-10-12-18(4)5)13-9-8-11-16(2,17-3)15(20)21-6/h17H,7-14H2,1-6H3. The summed E-state index contributed by atoms with van der Waals surface area (Å²) in [6, 6.07) is 0. The Morgan fingerprint density at radius 3 is 2.24 bits per heavy atom. The molecule has 5 heteroatoms. The van der Waals surface area contributed by atoms with Gasteiger partial charge in [0.05, 0.1) is 7.11 Å². The van der Waals surface area contributed by atoms with Crippen LogP contribution in [0.5, 0.6) is 0 Å². The zero-order valence-corrected chi connectivity index (χ0v) is 14.9. The van der Waals surface area contributed by atoms with E-state index in [2.05, 4.69) is 36.1 Å². The first-order chi connectivity index (χ1) is 9.89. The van der Waals surface area contributed by atoms with Crippen LogP contribution >= 0.6 is 0 Å². The van der Waals surface area contributed by atoms with Gasteiger partial charge in [-0.1, -0.05) is 6.92 Å². The van der Waals surface area contributed by atoms with Crippen LogP contribution in [0.4, 0.5) is 0 Å². The minimum Gasteiger partial charge on any atom is -0.468 e. The average molecular weight is 301 g/mol. The van der Waals surface area contributed by atoms with Gasteiger partial charge in [-0.2, -0.15) is 0 Å². The van der Waals surface area contributed by atoms with Crippen LogP contribution in [0.25, 0.3) is 0 Å². The first-order valence-corrected chi connectivity index (χ1v) is 8.04. The van der Waals surface area contributed by atoms with Gasteiger partial charge in [0, 0.05) is 0 Å². The quantitative estimate of drug-likeness (QED) is 0.438. The number of hydrogen-bond donors (Lipinski definition) is 1. The molecule has 126 valence electrons. The van der Waals surface area contributed by atoms with Crippen LogP contribution < -0.4 is 5.32 Å². The molecule has 0 heterocycles. The van der Waals surface area contributed by atoms with Crippen molar-refractivity contribution in [3.63, 3.8) is 0 Å². The number of carbonyl (C=O) groups excluding carboxylic acids is 1. The molecule has 0 rings (SSSR count). The monoisotopic (exact) mass is 301 g/mol. The number of rotatable bonds is 12. The molecule has 0 aliphatic rings. The highest BCUT2D eigenvalue weighted by atomic mass is 16.5. The topological polar surface area (TPSA) is 44.8 Å². The summed E-state index contributed by atoms with van der Waals surface area (Å²) in [5, 5.41) is 3.08. The third kappa shape index (κ3) is 8.39. The molecule has 1 atom stereocenters. The number of unbranched alkanes of at least 4 members (excludes halogenated alkanes) is 1. The Morgan fingerprint density at radius 2 is 1.76 bits per heavy atom. The molecule has 21 heavy (non-hydrogen) atoms. The van der Waals surface area contributed by atoms with Gasteiger partial charge in [-0.15, -0.1) is 0 Å². The van der Waals surface area contributed by atoms with Crippen molar-refractivity contribution in [2.45, 2.75) is 45.1 Å². The molecule has 0 spiro atoms. The Labute approximate surface area is 131 Å². The Balaban J connectivity index is 3.97. The lowest BCUT2D eigenvalue weighted by molar-refractivity contribution is -0.148. The van der Waals surface area contributed by atoms with Gasteiger partial charge in [0.1, 0.15) is 5.54 Å². The van der Waals surface area contributed by atoms with E-state index < -0.39 is 5.54 Å². The largest absolute Gasteiger partial charge is 0.468 e. The molecule has 0 aromatic rings. The summed E-state index contributed by atoms with van der Waals surface area (Å²) in [4.78, 5) is 16.5. The summed E-state index contributed by atoms with van der Waals surface area (Å²) in [6.45, 7) is 8.60. The van der Waals surface area contributed by atoms with Crippen LogP contribution in [0.15, 0.2) is 0 Å². The van der Waals surface area contributed by atoms with Gasteiger partial charge >= 0.3 is 5.97 Å². The molecule has 0 fully saturated rings. The van der Waals surface area contributed by atoms with Crippen molar-refractivity contribution in [3.8, 4) is 0 Å². The molecular weight excluding hydrogens is 266 g/mol. The van der Waals surface area contributed by atoms with Crippen LogP contribution in [0.1, 0.15) is 39.5 Å². The molecule has 0 bridgehead atoms. The highest BCUT2D eigenvalue weighted by Crippen LogP contribution is 2.15. The van der Waals surface area contributed by atoms with Crippen molar-refractivity contribution in [1.29, 1.82) is 0 Å². The normalized spacial score (nSPS) is 14.5. The third-order valence-corrected chi connectivity index (χ3v) is 4.12. The fourth-order valence-corrected chi connectivity index (χ4v) is 2.41. The second kappa shape index (κ2) is 11.0. The van der Waals surface area contributed by atoms with E-state index in [9.17, 15) is 4.79 Å². The number of methoxy groups -OCH3 is 1. The van der Waals surface area contributed by atoms with E-state index in [4.69, 9.17) is 4.74 Å². The highest BCUT2D eigenvalue weighted by molar-refractivity contribution is 5.80. The van der Waals surface area contributed by atoms with E-state index in [1.165, 1.54) is 13.5 Å². The number of nitrogens with one attached hydrogen (secondary N) is 1. The lowest BCUT2D eigenvalue weighted by atomic mass is 9.95. The zero-order valence-electron chi connectivity index (χ0n) is 14.9. The van der Waals surface area contributed by atoms with Crippen molar-refractivity contribution in [3.05, 3.63) is 0 Å². The SMILES string of the molecule is CCN(CCCCC(C)(NC)C(=O)OC)CCCN(C)C. The molecule has 0 saturated heterocycles. The third-order valence-electron chi connectivity index (χ3n) is 4.12. The van der Waals surface area contributed by atoms with Gasteiger partial charge in [0.25, 0.3) is 0 Å². The molecule has 5 nitrogen and oxygen atoms in total. The molecule has 0 aliphatic heterocycles. The molecule has 1 unspecified atom stereocenters. The first kappa shape index (κ1) is 20.3. The molecular formula is C16H35N3O2. The fourth-order valence-electron chi connectivity index (χ4n) is 2.41. The Hall–Kier alpha value is -0.650. The Morgan fingerprint density at radius 1 is 1.14 bits per heavy atom. The van der Waals surface area contributed by atoms with E-state index in [0.717, 1.165) is 45.4 Å². The van der Waals surface area contributed by atoms with Gasteiger partial charge in [0.2, 0.25) is 0 Å². The van der Waals surface area contributed by atoms with Crippen molar-refractivity contribution in [1.82, 2.24) is 15.1 Å². The van der Waals surface area contributed by atoms with E-state index in [-0.39, 0.29) is 5.97 Å². The Bertz CT molecular complexity index is 285. The first-order valence-electron chi connectivity index (χ1n) is 8.04. The van der Waals surface area contributed by atoms with E-state index in [0.29, 0.717) is 0 Å². The summed E-state index contributed by atoms with van der Waals surface area (Å²) in [5.41, 5.74) is -0.559. The van der Waals surface area contributed by atoms with Crippen molar-refractivity contribution in [2.24, 2.45) is 0 Å². The minimum atomic E-state index is -0.559. The highest BCUT2D eigenvalue weighted by Gasteiger charge is 2.31. The number of likely N-dealkylation sites (N-methyl/N-ethyl adjacent to an activating group) is 1. The number of esters is 1. The number of carbonyl (C=O) groups is 1. The fraction of sp³-hybridized carbons (Fsp3) is 0.938. The molecule has 0 aromatic carbocycles. The molecule has 0 aromatic heterocycles. The number of ether oxygens (including phenoxy) is 1. The molecule has 0 radical (unpaired) electrons. The van der Waals surface area contributed by atoms with E-state index >= 15 is 0 Å². The predicted molar refractivity (Wildman–Crippen MR) is 88.6 cm³/mol. The van der Waals surface area contributed by atoms with Crippen LogP contribution in [-0.4, -0.2) is 75.7 Å². The van der Waals surface area contributed by atoms with E-state index in [1.807, 2.05) is 14.0 Å². The summed E-state index contributed by atoms with van der Waals surface area (Å²) in [7, 11) is 7.49. The van der Waals surface area contributed by atoms with Gasteiger partial charge in [-0.05, 0) is 79.9 Å². The summed E-state index contributed by atoms with van der Waals surface area (Å²) in [6.07, 6.45) is 4.16. The maximum absolute atomic E-state index is 11.8. The van der Waals surface area contributed by atoms with Crippen molar-refractivity contribution < 1.29 is 9.53 Å². The van der Waals surface area contributed by atoms with Crippen LogP contribution in [0.2, 0.25) is 0 Å². The number of hydrogen-bond acceptors (Lipinski definition) is 5. The lowest BCUT2D eigenvalue weighted by Gasteiger charge is -2.27. The smallest absolute Gasteiger partial charge is 0.325 e. The molecule has 0 amide bonds. The molecule has 1 N–H and O–H groups in total. The van der Waals surface area contributed by atoms with Gasteiger partial charge in [-0.25, -0.2) is 0 Å². The summed E-state index contributed by atoms with van der Waals surface area (Å²) < 4.78 is 4.86.